The van der Waals surface area contributed by atoms with Gasteiger partial charge in [-0.25, -0.2) is 13.8 Å². The van der Waals surface area contributed by atoms with Gasteiger partial charge >= 0.3 is 0 Å². The van der Waals surface area contributed by atoms with E-state index in [1.807, 2.05) is 11.6 Å². The van der Waals surface area contributed by atoms with Crippen LogP contribution in [0.5, 0.6) is 0 Å². The van der Waals surface area contributed by atoms with Gasteiger partial charge in [-0.3, -0.25) is 4.79 Å². The number of likely N-dealkylation sites (tertiary alicyclic amines) is 1. The maximum atomic E-state index is 13.3. The molecule has 1 aromatic heterocycles. The number of nitrogens with zero attached hydrogens (tertiary/aromatic N) is 3. The third-order valence-corrected chi connectivity index (χ3v) is 3.84. The molecule has 0 N–H and O–H groups in total. The first-order valence-corrected chi connectivity index (χ1v) is 6.72. The van der Waals surface area contributed by atoms with Crippen LogP contribution in [0.2, 0.25) is 0 Å². The summed E-state index contributed by atoms with van der Waals surface area (Å²) in [6.45, 7) is 0.927. The van der Waals surface area contributed by atoms with Crippen LogP contribution in [-0.2, 0) is 18.4 Å². The summed E-state index contributed by atoms with van der Waals surface area (Å²) in [6.07, 6.45) is 3.67. The fraction of sp³-hybridized carbons (Fsp3) is 0.333. The molecule has 2 heterocycles. The van der Waals surface area contributed by atoms with Crippen molar-refractivity contribution in [2.75, 3.05) is 6.54 Å². The maximum absolute atomic E-state index is 13.3. The van der Waals surface area contributed by atoms with Crippen LogP contribution in [-0.4, -0.2) is 26.9 Å². The molecule has 0 radical (unpaired) electrons. The Morgan fingerprint density at radius 3 is 2.62 bits per heavy atom. The highest BCUT2D eigenvalue weighted by Gasteiger charge is 2.31. The predicted molar refractivity (Wildman–Crippen MR) is 72.3 cm³/mol. The number of imidazole rings is 1. The molecular formula is C15H15F2N3O. The molecule has 1 aliphatic heterocycles. The van der Waals surface area contributed by atoms with Crippen LogP contribution < -0.4 is 0 Å². The van der Waals surface area contributed by atoms with Crippen molar-refractivity contribution < 1.29 is 13.6 Å². The molecule has 1 amide bonds. The lowest BCUT2D eigenvalue weighted by molar-refractivity contribution is -0.128. The van der Waals surface area contributed by atoms with E-state index in [-0.39, 0.29) is 18.2 Å². The van der Waals surface area contributed by atoms with Crippen LogP contribution in [0, 0.1) is 11.6 Å². The molecule has 1 aliphatic rings. The van der Waals surface area contributed by atoms with Gasteiger partial charge in [0, 0.05) is 38.2 Å². The second-order valence-electron chi connectivity index (χ2n) is 5.37. The highest BCUT2D eigenvalue weighted by atomic mass is 19.1. The summed E-state index contributed by atoms with van der Waals surface area (Å²) in [4.78, 5) is 17.8. The molecule has 1 atom stereocenters. The highest BCUT2D eigenvalue weighted by molar-refractivity contribution is 5.79. The van der Waals surface area contributed by atoms with Gasteiger partial charge in [0.1, 0.15) is 11.6 Å². The first-order valence-electron chi connectivity index (χ1n) is 6.72. The SMILES string of the molecule is Cn1cncc1CN1CC(c2cc(F)cc(F)c2)CC1=O. The fourth-order valence-electron chi connectivity index (χ4n) is 2.69. The molecule has 6 heteroatoms. The van der Waals surface area contributed by atoms with Gasteiger partial charge in [0.05, 0.1) is 18.6 Å². The lowest BCUT2D eigenvalue weighted by Gasteiger charge is -2.17. The lowest BCUT2D eigenvalue weighted by atomic mass is 9.98. The Hall–Kier alpha value is -2.24. The van der Waals surface area contributed by atoms with Gasteiger partial charge in [0.2, 0.25) is 5.91 Å². The Bertz CT molecular complexity index is 663. The van der Waals surface area contributed by atoms with Crippen LogP contribution in [0.3, 0.4) is 0 Å². The van der Waals surface area contributed by atoms with Gasteiger partial charge in [-0.1, -0.05) is 0 Å². The smallest absolute Gasteiger partial charge is 0.223 e. The minimum Gasteiger partial charge on any atom is -0.336 e. The summed E-state index contributed by atoms with van der Waals surface area (Å²) in [5.74, 6) is -1.40. The van der Waals surface area contributed by atoms with Gasteiger partial charge in [-0.2, -0.15) is 0 Å². The lowest BCUT2D eigenvalue weighted by Crippen LogP contribution is -2.25. The van der Waals surface area contributed by atoms with E-state index in [9.17, 15) is 13.6 Å². The quantitative estimate of drug-likeness (QED) is 0.869. The van der Waals surface area contributed by atoms with Crippen molar-refractivity contribution in [3.63, 3.8) is 0 Å². The van der Waals surface area contributed by atoms with Gasteiger partial charge in [-0.05, 0) is 17.7 Å². The first-order chi connectivity index (χ1) is 10.0. The molecule has 1 aromatic carbocycles. The summed E-state index contributed by atoms with van der Waals surface area (Å²) in [6, 6.07) is 3.44. The standard InChI is InChI=1S/C15H15F2N3O/c1-19-9-18-6-14(19)8-20-7-11(4-15(20)21)10-2-12(16)5-13(17)3-10/h2-3,5-6,9,11H,4,7-8H2,1H3. The largest absolute Gasteiger partial charge is 0.336 e. The average Bonchev–Trinajstić information content (AvgIpc) is 2.97. The zero-order chi connectivity index (χ0) is 15.0. The fourth-order valence-corrected chi connectivity index (χ4v) is 2.69. The van der Waals surface area contributed by atoms with Crippen molar-refractivity contribution >= 4 is 5.91 Å². The van der Waals surface area contributed by atoms with Crippen LogP contribution in [0.4, 0.5) is 8.78 Å². The van der Waals surface area contributed by atoms with Crippen molar-refractivity contribution in [3.8, 4) is 0 Å². The number of halogens is 2. The molecule has 0 saturated carbocycles. The summed E-state index contributed by atoms with van der Waals surface area (Å²) in [7, 11) is 1.86. The van der Waals surface area contributed by atoms with E-state index >= 15 is 0 Å². The molecule has 4 nitrogen and oxygen atoms in total. The van der Waals surface area contributed by atoms with Gasteiger partial charge in [0.15, 0.2) is 0 Å². The van der Waals surface area contributed by atoms with Crippen LogP contribution >= 0.6 is 0 Å². The van der Waals surface area contributed by atoms with Crippen LogP contribution in [0.1, 0.15) is 23.6 Å². The van der Waals surface area contributed by atoms with E-state index in [2.05, 4.69) is 4.98 Å². The Morgan fingerprint density at radius 1 is 1.29 bits per heavy atom. The van der Waals surface area contributed by atoms with Crippen molar-refractivity contribution in [3.05, 3.63) is 53.6 Å². The summed E-state index contributed by atoms with van der Waals surface area (Å²) >= 11 is 0. The Balaban J connectivity index is 1.76. The van der Waals surface area contributed by atoms with E-state index in [0.29, 0.717) is 18.7 Å². The molecule has 1 saturated heterocycles. The van der Waals surface area contributed by atoms with E-state index in [1.165, 1.54) is 12.1 Å². The molecule has 1 unspecified atom stereocenters. The number of hydrogen-bond donors (Lipinski definition) is 0. The number of aromatic nitrogens is 2. The van der Waals surface area contributed by atoms with E-state index in [4.69, 9.17) is 0 Å². The zero-order valence-electron chi connectivity index (χ0n) is 11.6. The summed E-state index contributed by atoms with van der Waals surface area (Å²) < 4.78 is 28.4. The van der Waals surface area contributed by atoms with Crippen molar-refractivity contribution in [2.24, 2.45) is 7.05 Å². The number of hydrogen-bond acceptors (Lipinski definition) is 2. The molecule has 0 spiro atoms. The summed E-state index contributed by atoms with van der Waals surface area (Å²) in [5.41, 5.74) is 1.46. The van der Waals surface area contributed by atoms with E-state index in [1.54, 1.807) is 17.4 Å². The highest BCUT2D eigenvalue weighted by Crippen LogP contribution is 2.30. The number of carbonyl (C=O) groups is 1. The minimum atomic E-state index is -0.609. The third-order valence-electron chi connectivity index (χ3n) is 3.84. The Labute approximate surface area is 121 Å². The van der Waals surface area contributed by atoms with Crippen molar-refractivity contribution in [2.45, 2.75) is 18.9 Å². The Morgan fingerprint density at radius 2 is 2.00 bits per heavy atom. The van der Waals surface area contributed by atoms with Gasteiger partial charge < -0.3 is 9.47 Å². The van der Waals surface area contributed by atoms with Crippen molar-refractivity contribution in [1.29, 1.82) is 0 Å². The third kappa shape index (κ3) is 2.79. The van der Waals surface area contributed by atoms with Crippen LogP contribution in [0.15, 0.2) is 30.7 Å². The number of benzene rings is 1. The second kappa shape index (κ2) is 5.27. The average molecular weight is 291 g/mol. The monoisotopic (exact) mass is 291 g/mol. The van der Waals surface area contributed by atoms with Gasteiger partial charge in [0.25, 0.3) is 0 Å². The molecule has 110 valence electrons. The predicted octanol–water partition coefficient (Wildman–Crippen LogP) is 2.21. The molecular weight excluding hydrogens is 276 g/mol. The summed E-state index contributed by atoms with van der Waals surface area (Å²) in [5, 5.41) is 0. The molecule has 3 rings (SSSR count). The first kappa shape index (κ1) is 13.7. The molecule has 0 bridgehead atoms. The number of rotatable bonds is 3. The van der Waals surface area contributed by atoms with E-state index < -0.39 is 11.6 Å². The Kier molecular flexibility index (Phi) is 3.45. The number of aryl methyl sites for hydroxylation is 1. The van der Waals surface area contributed by atoms with Crippen molar-refractivity contribution in [1.82, 2.24) is 14.5 Å². The maximum Gasteiger partial charge on any atom is 0.223 e. The molecule has 2 aromatic rings. The number of carbonyl (C=O) groups excluding carboxylic acids is 1. The minimum absolute atomic E-state index is 0.00845. The molecule has 0 aliphatic carbocycles. The number of amides is 1. The topological polar surface area (TPSA) is 38.1 Å². The van der Waals surface area contributed by atoms with Crippen LogP contribution in [0.25, 0.3) is 0 Å². The zero-order valence-corrected chi connectivity index (χ0v) is 11.6. The molecule has 21 heavy (non-hydrogen) atoms. The second-order valence-corrected chi connectivity index (χ2v) is 5.37. The van der Waals surface area contributed by atoms with Gasteiger partial charge in [-0.15, -0.1) is 0 Å². The normalized spacial score (nSPS) is 18.5. The molecule has 1 fully saturated rings. The van der Waals surface area contributed by atoms with E-state index in [0.717, 1.165) is 11.8 Å².